The third-order valence-corrected chi connectivity index (χ3v) is 2.54. The lowest BCUT2D eigenvalue weighted by molar-refractivity contribution is 0.0996. The predicted molar refractivity (Wildman–Crippen MR) is 58.6 cm³/mol. The molecule has 0 saturated heterocycles. The van der Waals surface area contributed by atoms with Crippen molar-refractivity contribution in [2.24, 2.45) is 5.73 Å². The molecule has 2 aromatic heterocycles. The lowest BCUT2D eigenvalue weighted by Gasteiger charge is -2.02. The molecule has 0 bridgehead atoms. The van der Waals surface area contributed by atoms with Crippen molar-refractivity contribution < 1.29 is 4.79 Å². The third-order valence-electron chi connectivity index (χ3n) is 1.96. The molecule has 16 heavy (non-hydrogen) atoms. The molecule has 0 atom stereocenters. The van der Waals surface area contributed by atoms with Gasteiger partial charge in [-0.1, -0.05) is 0 Å². The Bertz CT molecular complexity index is 571. The first-order valence-electron chi connectivity index (χ1n) is 4.31. The van der Waals surface area contributed by atoms with Crippen LogP contribution in [0.3, 0.4) is 0 Å². The SMILES string of the molecule is N#Cc1cnc(C(N)=O)c(-c2cscn2)c1. The zero-order chi connectivity index (χ0) is 11.5. The summed E-state index contributed by atoms with van der Waals surface area (Å²) in [6.45, 7) is 0. The Kier molecular flexibility index (Phi) is 2.62. The average molecular weight is 230 g/mol. The normalized spacial score (nSPS) is 9.69. The summed E-state index contributed by atoms with van der Waals surface area (Å²) >= 11 is 1.39. The van der Waals surface area contributed by atoms with Gasteiger partial charge in [0.15, 0.2) is 0 Å². The maximum Gasteiger partial charge on any atom is 0.268 e. The van der Waals surface area contributed by atoms with Crippen molar-refractivity contribution in [3.63, 3.8) is 0 Å². The molecule has 0 aliphatic carbocycles. The molecule has 2 N–H and O–H groups in total. The van der Waals surface area contributed by atoms with Crippen LogP contribution in [-0.4, -0.2) is 15.9 Å². The van der Waals surface area contributed by atoms with Crippen molar-refractivity contribution in [1.29, 1.82) is 5.26 Å². The number of nitriles is 1. The number of nitrogens with two attached hydrogens (primary N) is 1. The molecule has 1 amide bonds. The fourth-order valence-corrected chi connectivity index (χ4v) is 1.82. The molecule has 78 valence electrons. The number of carbonyl (C=O) groups excluding carboxylic acids is 1. The summed E-state index contributed by atoms with van der Waals surface area (Å²) in [5.41, 5.74) is 8.43. The quantitative estimate of drug-likeness (QED) is 0.838. The first-order valence-corrected chi connectivity index (χ1v) is 5.25. The smallest absolute Gasteiger partial charge is 0.268 e. The van der Waals surface area contributed by atoms with Gasteiger partial charge in [0.25, 0.3) is 5.91 Å². The molecule has 0 aliphatic rings. The first-order chi connectivity index (χ1) is 7.72. The highest BCUT2D eigenvalue weighted by Crippen LogP contribution is 2.22. The number of aromatic nitrogens is 2. The van der Waals surface area contributed by atoms with Gasteiger partial charge in [-0.3, -0.25) is 4.79 Å². The van der Waals surface area contributed by atoms with Gasteiger partial charge >= 0.3 is 0 Å². The van der Waals surface area contributed by atoms with Crippen molar-refractivity contribution in [3.8, 4) is 17.3 Å². The molecule has 0 radical (unpaired) electrons. The highest BCUT2D eigenvalue weighted by Gasteiger charge is 2.13. The zero-order valence-electron chi connectivity index (χ0n) is 8.04. The zero-order valence-corrected chi connectivity index (χ0v) is 8.86. The summed E-state index contributed by atoms with van der Waals surface area (Å²) in [6, 6.07) is 3.51. The number of pyridine rings is 1. The first kappa shape index (κ1) is 10.3. The van der Waals surface area contributed by atoms with E-state index in [-0.39, 0.29) is 5.69 Å². The molecular weight excluding hydrogens is 224 g/mol. The van der Waals surface area contributed by atoms with E-state index in [9.17, 15) is 4.79 Å². The molecule has 6 heteroatoms. The van der Waals surface area contributed by atoms with Crippen molar-refractivity contribution in [1.82, 2.24) is 9.97 Å². The summed E-state index contributed by atoms with van der Waals surface area (Å²) in [4.78, 5) is 19.1. The number of hydrogen-bond donors (Lipinski definition) is 1. The minimum absolute atomic E-state index is 0.130. The minimum Gasteiger partial charge on any atom is -0.364 e. The van der Waals surface area contributed by atoms with E-state index in [0.29, 0.717) is 16.8 Å². The van der Waals surface area contributed by atoms with Gasteiger partial charge in [0, 0.05) is 17.1 Å². The van der Waals surface area contributed by atoms with Crippen LogP contribution in [0.1, 0.15) is 16.1 Å². The highest BCUT2D eigenvalue weighted by molar-refractivity contribution is 7.07. The van der Waals surface area contributed by atoms with Crippen LogP contribution >= 0.6 is 11.3 Å². The second kappa shape index (κ2) is 4.08. The van der Waals surface area contributed by atoms with E-state index in [4.69, 9.17) is 11.0 Å². The summed E-state index contributed by atoms with van der Waals surface area (Å²) < 4.78 is 0. The van der Waals surface area contributed by atoms with Gasteiger partial charge in [-0.25, -0.2) is 9.97 Å². The molecule has 2 heterocycles. The molecule has 2 aromatic rings. The Labute approximate surface area is 95.2 Å². The van der Waals surface area contributed by atoms with E-state index in [2.05, 4.69) is 9.97 Å². The number of primary amides is 1. The number of thiazole rings is 1. The van der Waals surface area contributed by atoms with Crippen LogP contribution < -0.4 is 5.73 Å². The van der Waals surface area contributed by atoms with Crippen molar-refractivity contribution in [2.45, 2.75) is 0 Å². The topological polar surface area (TPSA) is 92.7 Å². The lowest BCUT2D eigenvalue weighted by Crippen LogP contribution is -2.14. The molecule has 0 aliphatic heterocycles. The van der Waals surface area contributed by atoms with Crippen LogP contribution in [0.15, 0.2) is 23.2 Å². The maximum atomic E-state index is 11.2. The van der Waals surface area contributed by atoms with Crippen LogP contribution in [0.2, 0.25) is 0 Å². The highest BCUT2D eigenvalue weighted by atomic mass is 32.1. The largest absolute Gasteiger partial charge is 0.364 e. The van der Waals surface area contributed by atoms with Crippen molar-refractivity contribution in [2.75, 3.05) is 0 Å². The van der Waals surface area contributed by atoms with Crippen molar-refractivity contribution in [3.05, 3.63) is 34.4 Å². The van der Waals surface area contributed by atoms with Gasteiger partial charge in [-0.05, 0) is 6.07 Å². The minimum atomic E-state index is -0.632. The van der Waals surface area contributed by atoms with E-state index >= 15 is 0 Å². The van der Waals surface area contributed by atoms with Gasteiger partial charge in [-0.15, -0.1) is 11.3 Å². The lowest BCUT2D eigenvalue weighted by atomic mass is 10.1. The predicted octanol–water partition coefficient (Wildman–Crippen LogP) is 1.18. The molecule has 0 spiro atoms. The Morgan fingerprint density at radius 2 is 2.31 bits per heavy atom. The number of amides is 1. The van der Waals surface area contributed by atoms with E-state index < -0.39 is 5.91 Å². The Morgan fingerprint density at radius 1 is 1.50 bits per heavy atom. The van der Waals surface area contributed by atoms with Gasteiger partial charge in [0.1, 0.15) is 11.8 Å². The van der Waals surface area contributed by atoms with Crippen LogP contribution in [0.5, 0.6) is 0 Å². The second-order valence-electron chi connectivity index (χ2n) is 2.97. The molecule has 5 nitrogen and oxygen atoms in total. The standard InChI is InChI=1S/C10H6N4OS/c11-2-6-1-7(8-4-16-5-14-8)9(10(12)15)13-3-6/h1,3-5H,(H2,12,15). The van der Waals surface area contributed by atoms with Gasteiger partial charge in [0.05, 0.1) is 16.8 Å². The Hall–Kier alpha value is -2.26. The molecule has 2 rings (SSSR count). The fourth-order valence-electron chi connectivity index (χ4n) is 1.26. The molecule has 0 saturated carbocycles. The molecule has 0 aromatic carbocycles. The number of hydrogen-bond acceptors (Lipinski definition) is 5. The van der Waals surface area contributed by atoms with E-state index in [1.165, 1.54) is 17.5 Å². The summed E-state index contributed by atoms with van der Waals surface area (Å²) in [5.74, 6) is -0.632. The van der Waals surface area contributed by atoms with Crippen LogP contribution in [0.4, 0.5) is 0 Å². The second-order valence-corrected chi connectivity index (χ2v) is 3.69. The number of carbonyl (C=O) groups is 1. The Balaban J connectivity index is 2.65. The van der Waals surface area contributed by atoms with E-state index in [1.807, 2.05) is 6.07 Å². The summed E-state index contributed by atoms with van der Waals surface area (Å²) in [7, 11) is 0. The average Bonchev–Trinajstić information content (AvgIpc) is 2.81. The van der Waals surface area contributed by atoms with Crippen LogP contribution in [0, 0.1) is 11.3 Å². The third kappa shape index (κ3) is 1.76. The van der Waals surface area contributed by atoms with E-state index in [1.54, 1.807) is 17.0 Å². The van der Waals surface area contributed by atoms with Crippen LogP contribution in [-0.2, 0) is 0 Å². The molecule has 0 fully saturated rings. The Morgan fingerprint density at radius 3 is 2.88 bits per heavy atom. The monoisotopic (exact) mass is 230 g/mol. The van der Waals surface area contributed by atoms with Crippen LogP contribution in [0.25, 0.3) is 11.3 Å². The van der Waals surface area contributed by atoms with Gasteiger partial charge < -0.3 is 5.73 Å². The fraction of sp³-hybridized carbons (Fsp3) is 0. The number of rotatable bonds is 2. The summed E-state index contributed by atoms with van der Waals surface area (Å²) in [6.07, 6.45) is 1.32. The maximum absolute atomic E-state index is 11.2. The summed E-state index contributed by atoms with van der Waals surface area (Å²) in [5, 5.41) is 10.5. The van der Waals surface area contributed by atoms with Crippen molar-refractivity contribution >= 4 is 17.2 Å². The van der Waals surface area contributed by atoms with Gasteiger partial charge in [-0.2, -0.15) is 5.26 Å². The molecule has 0 unspecified atom stereocenters. The molecular formula is C10H6N4OS. The van der Waals surface area contributed by atoms with E-state index in [0.717, 1.165) is 0 Å². The number of nitrogens with zero attached hydrogens (tertiary/aromatic N) is 3. The van der Waals surface area contributed by atoms with Gasteiger partial charge in [0.2, 0.25) is 0 Å².